The molecule has 0 saturated carbocycles. The van der Waals surface area contributed by atoms with Crippen LogP contribution in [0.25, 0.3) is 0 Å². The molecule has 1 aliphatic rings. The molecule has 0 atom stereocenters. The Morgan fingerprint density at radius 3 is 2.73 bits per heavy atom. The van der Waals surface area contributed by atoms with E-state index in [1.807, 2.05) is 0 Å². The molecule has 2 aromatic rings. The van der Waals surface area contributed by atoms with Crippen molar-refractivity contribution in [1.29, 1.82) is 0 Å². The number of hydrogen-bond acceptors (Lipinski definition) is 4. The minimum atomic E-state index is -0.749. The molecule has 1 heterocycles. The molecule has 3 amide bonds. The lowest BCUT2D eigenvalue weighted by Crippen LogP contribution is -2.27. The van der Waals surface area contributed by atoms with Crippen LogP contribution in [-0.4, -0.2) is 17.6 Å². The second kappa shape index (κ2) is 7.39. The number of anilines is 1. The maximum atomic E-state index is 12.6. The maximum Gasteiger partial charge on any atom is 0.332 e. The molecule has 0 bridgehead atoms. The average molecular weight is 395 g/mol. The topological polar surface area (TPSA) is 110 Å². The quantitative estimate of drug-likeness (QED) is 0.687. The van der Waals surface area contributed by atoms with Gasteiger partial charge in [-0.25, -0.2) is 10.2 Å². The molecular weight excluding hydrogens is 379 g/mol. The fourth-order valence-corrected chi connectivity index (χ4v) is 3.34. The monoisotopic (exact) mass is 394 g/mol. The Morgan fingerprint density at radius 1 is 1.27 bits per heavy atom. The summed E-state index contributed by atoms with van der Waals surface area (Å²) in [5.74, 6) is 0.407. The zero-order valence-corrected chi connectivity index (χ0v) is 15.4. The van der Waals surface area contributed by atoms with Gasteiger partial charge in [0.15, 0.2) is 5.76 Å². The second-order valence-corrected chi connectivity index (χ2v) is 6.66. The number of carbonyl (C=O) groups is 2. The molecule has 7 nitrogen and oxygen atoms in total. The van der Waals surface area contributed by atoms with Crippen LogP contribution in [0.15, 0.2) is 27.7 Å². The van der Waals surface area contributed by atoms with Crippen LogP contribution in [-0.2, 0) is 6.42 Å². The first-order valence-electron chi connectivity index (χ1n) is 7.88. The molecule has 0 spiro atoms. The highest BCUT2D eigenvalue weighted by molar-refractivity contribution is 6.36. The Bertz CT molecular complexity index is 921. The number of urea groups is 1. The molecule has 0 unspecified atom stereocenters. The molecule has 1 aliphatic carbocycles. The Hall–Kier alpha value is -2.51. The number of hydrogen-bond donors (Lipinski definition) is 3. The van der Waals surface area contributed by atoms with Crippen LogP contribution in [0, 0.1) is 6.92 Å². The largest absolute Gasteiger partial charge is 0.455 e. The summed E-state index contributed by atoms with van der Waals surface area (Å²) in [5, 5.41) is 7.55. The predicted molar refractivity (Wildman–Crippen MR) is 100 cm³/mol. The highest BCUT2D eigenvalue weighted by atomic mass is 35.5. The summed E-state index contributed by atoms with van der Waals surface area (Å²) >= 11 is 12.0. The number of fused-ring (bicyclic) bond motifs is 1. The summed E-state index contributed by atoms with van der Waals surface area (Å²) < 4.78 is 5.77. The standard InChI is InChI=1S/C17H16Cl2N4O3/c1-8-14-12(22-23-17(20)25)3-2-4-13(14)26-15(8)16(24)21-11-6-5-9(18)7-10(11)19/h5-7H,2-4H2,1H3,(H,21,24)(H3,20,23,25)/b22-12+. The minimum Gasteiger partial charge on any atom is -0.455 e. The van der Waals surface area contributed by atoms with Crippen LogP contribution in [0.5, 0.6) is 0 Å². The van der Waals surface area contributed by atoms with Crippen LogP contribution >= 0.6 is 23.2 Å². The fourth-order valence-electron chi connectivity index (χ4n) is 2.89. The zero-order chi connectivity index (χ0) is 18.8. The van der Waals surface area contributed by atoms with Crippen LogP contribution < -0.4 is 16.5 Å². The minimum absolute atomic E-state index is 0.176. The number of nitrogens with one attached hydrogen (secondary N) is 2. The molecule has 0 saturated heterocycles. The summed E-state index contributed by atoms with van der Waals surface area (Å²) in [7, 11) is 0. The van der Waals surface area contributed by atoms with E-state index in [-0.39, 0.29) is 5.76 Å². The smallest absolute Gasteiger partial charge is 0.332 e. The molecule has 26 heavy (non-hydrogen) atoms. The first-order valence-corrected chi connectivity index (χ1v) is 8.63. The molecule has 1 aromatic heterocycles. The summed E-state index contributed by atoms with van der Waals surface area (Å²) in [6, 6.07) is 4.04. The number of hydrazone groups is 1. The third kappa shape index (κ3) is 3.68. The van der Waals surface area contributed by atoms with Gasteiger partial charge in [0.25, 0.3) is 5.91 Å². The average Bonchev–Trinajstić information content (AvgIpc) is 2.93. The Morgan fingerprint density at radius 2 is 2.04 bits per heavy atom. The molecule has 0 radical (unpaired) electrons. The number of halogens is 2. The van der Waals surface area contributed by atoms with Crippen molar-refractivity contribution < 1.29 is 14.0 Å². The van der Waals surface area contributed by atoms with Crippen molar-refractivity contribution in [3.8, 4) is 0 Å². The summed E-state index contributed by atoms with van der Waals surface area (Å²) in [6.07, 6.45) is 2.13. The van der Waals surface area contributed by atoms with Crippen molar-refractivity contribution in [3.63, 3.8) is 0 Å². The third-order valence-corrected chi connectivity index (χ3v) is 4.56. The molecule has 136 valence electrons. The molecule has 0 fully saturated rings. The number of amides is 3. The molecule has 4 N–H and O–H groups in total. The van der Waals surface area contributed by atoms with E-state index in [1.54, 1.807) is 25.1 Å². The van der Waals surface area contributed by atoms with E-state index in [0.717, 1.165) is 12.0 Å². The van der Waals surface area contributed by atoms with E-state index < -0.39 is 11.9 Å². The van der Waals surface area contributed by atoms with E-state index in [2.05, 4.69) is 15.8 Å². The van der Waals surface area contributed by atoms with Crippen molar-refractivity contribution in [2.24, 2.45) is 10.8 Å². The Labute approximate surface area is 159 Å². The Kier molecular flexibility index (Phi) is 5.20. The van der Waals surface area contributed by atoms with Crippen molar-refractivity contribution in [2.75, 3.05) is 5.32 Å². The number of aryl methyl sites for hydroxylation is 1. The van der Waals surface area contributed by atoms with Gasteiger partial charge < -0.3 is 15.5 Å². The number of rotatable bonds is 3. The number of nitrogens with zero attached hydrogens (tertiary/aromatic N) is 1. The highest BCUT2D eigenvalue weighted by Crippen LogP contribution is 2.31. The van der Waals surface area contributed by atoms with Gasteiger partial charge in [-0.2, -0.15) is 5.10 Å². The van der Waals surface area contributed by atoms with Gasteiger partial charge in [0.05, 0.1) is 16.4 Å². The van der Waals surface area contributed by atoms with Gasteiger partial charge in [0.2, 0.25) is 0 Å². The summed E-state index contributed by atoms with van der Waals surface area (Å²) in [6.45, 7) is 1.77. The van der Waals surface area contributed by atoms with Gasteiger partial charge in [-0.05, 0) is 38.0 Å². The van der Waals surface area contributed by atoms with E-state index in [0.29, 0.717) is 45.6 Å². The van der Waals surface area contributed by atoms with E-state index in [4.69, 9.17) is 33.4 Å². The SMILES string of the molecule is Cc1c(C(=O)Nc2ccc(Cl)cc2Cl)oc2c1/C(=N/NC(N)=O)CCC2. The van der Waals surface area contributed by atoms with Gasteiger partial charge in [-0.3, -0.25) is 4.79 Å². The predicted octanol–water partition coefficient (Wildman–Crippen LogP) is 3.86. The normalized spacial score (nSPS) is 14.8. The third-order valence-electron chi connectivity index (χ3n) is 4.01. The summed E-state index contributed by atoms with van der Waals surface area (Å²) in [5.41, 5.74) is 9.74. The van der Waals surface area contributed by atoms with E-state index in [9.17, 15) is 9.59 Å². The lowest BCUT2D eigenvalue weighted by atomic mass is 9.93. The first kappa shape index (κ1) is 18.3. The first-order chi connectivity index (χ1) is 12.4. The van der Waals surface area contributed by atoms with Crippen LogP contribution in [0.4, 0.5) is 10.5 Å². The maximum absolute atomic E-state index is 12.6. The number of benzene rings is 1. The van der Waals surface area contributed by atoms with E-state index in [1.165, 1.54) is 0 Å². The fraction of sp³-hybridized carbons (Fsp3) is 0.235. The van der Waals surface area contributed by atoms with Crippen LogP contribution in [0.1, 0.15) is 40.3 Å². The van der Waals surface area contributed by atoms with Gasteiger partial charge >= 0.3 is 6.03 Å². The Balaban J connectivity index is 1.91. The van der Waals surface area contributed by atoms with Gasteiger partial charge in [-0.1, -0.05) is 23.2 Å². The van der Waals surface area contributed by atoms with Gasteiger partial charge in [-0.15, -0.1) is 0 Å². The second-order valence-electron chi connectivity index (χ2n) is 5.82. The van der Waals surface area contributed by atoms with Crippen molar-refractivity contribution in [3.05, 3.63) is 50.9 Å². The van der Waals surface area contributed by atoms with Crippen molar-refractivity contribution in [2.45, 2.75) is 26.2 Å². The number of furan rings is 1. The van der Waals surface area contributed by atoms with Crippen molar-refractivity contribution in [1.82, 2.24) is 5.43 Å². The molecular formula is C17H16Cl2N4O3. The van der Waals surface area contributed by atoms with Crippen molar-refractivity contribution >= 4 is 46.5 Å². The lowest BCUT2D eigenvalue weighted by molar-refractivity contribution is 0.0994. The number of primary amides is 1. The molecule has 0 aliphatic heterocycles. The molecule has 3 rings (SSSR count). The number of carbonyl (C=O) groups excluding carboxylic acids is 2. The van der Waals surface area contributed by atoms with Gasteiger partial charge in [0.1, 0.15) is 5.76 Å². The highest BCUT2D eigenvalue weighted by Gasteiger charge is 2.28. The lowest BCUT2D eigenvalue weighted by Gasteiger charge is -2.13. The number of nitrogens with two attached hydrogens (primary N) is 1. The van der Waals surface area contributed by atoms with Crippen LogP contribution in [0.3, 0.4) is 0 Å². The van der Waals surface area contributed by atoms with E-state index >= 15 is 0 Å². The van der Waals surface area contributed by atoms with Gasteiger partial charge in [0, 0.05) is 22.6 Å². The molecule has 1 aromatic carbocycles. The zero-order valence-electron chi connectivity index (χ0n) is 13.9. The molecule has 9 heteroatoms. The van der Waals surface area contributed by atoms with Crippen LogP contribution in [0.2, 0.25) is 10.0 Å². The summed E-state index contributed by atoms with van der Waals surface area (Å²) in [4.78, 5) is 23.5.